The van der Waals surface area contributed by atoms with E-state index in [9.17, 15) is 23.6 Å². The van der Waals surface area contributed by atoms with E-state index in [0.717, 1.165) is 56.0 Å². The number of carbonyl (C=O) groups excluding carboxylic acids is 4. The number of hydrogen-bond acceptors (Lipinski definition) is 11. The molecule has 244 valence electrons. The number of nitrogens with one attached hydrogen (secondary N) is 1. The van der Waals surface area contributed by atoms with Crippen molar-refractivity contribution in [3.8, 4) is 0 Å². The molecule has 2 aromatic carbocycles. The molecule has 3 aliphatic rings. The molecular weight excluding hydrogens is 621 g/mol. The molecule has 14 heteroatoms. The standard InChI is InChI=1S/C32H34FN3O9S/c1-16(37)41-15-25-28(42-17(2)38)29(43-18(3)39)30(44-19(4)40)31(45-25)34-32(46)36-27(21-9-12-22(33)13-10-21)24-14-11-20-7-5-6-8-23(20)26(24)35-36/h5-10,12-13,24-25,27-31H,11,14-15H2,1-4H3,(H,34,46)/t24?,25-,27?,28-,29+,30-,31-/m1/s1. The number of nitrogens with zero attached hydrogens (tertiary/aromatic N) is 2. The molecule has 0 spiro atoms. The first kappa shape index (κ1) is 32.9. The van der Waals surface area contributed by atoms with Crippen LogP contribution in [0.2, 0.25) is 0 Å². The number of thiocarbonyl (C=S) groups is 1. The number of carbonyl (C=O) groups is 4. The Balaban J connectivity index is 1.52. The van der Waals surface area contributed by atoms with Crippen LogP contribution in [0.5, 0.6) is 0 Å². The van der Waals surface area contributed by atoms with Crippen molar-refractivity contribution < 1.29 is 47.3 Å². The molecule has 1 aliphatic carbocycles. The summed E-state index contributed by atoms with van der Waals surface area (Å²) in [6, 6.07) is 13.7. The number of rotatable bonds is 7. The van der Waals surface area contributed by atoms with E-state index >= 15 is 0 Å². The van der Waals surface area contributed by atoms with Crippen LogP contribution in [0.1, 0.15) is 56.8 Å². The first-order valence-corrected chi connectivity index (χ1v) is 15.2. The van der Waals surface area contributed by atoms with Crippen molar-refractivity contribution in [3.63, 3.8) is 0 Å². The van der Waals surface area contributed by atoms with Crippen LogP contribution in [0.3, 0.4) is 0 Å². The summed E-state index contributed by atoms with van der Waals surface area (Å²) >= 11 is 5.89. The molecule has 2 aliphatic heterocycles. The molecule has 7 atom stereocenters. The molecule has 12 nitrogen and oxygen atoms in total. The third-order valence-electron chi connectivity index (χ3n) is 7.91. The molecule has 1 N–H and O–H groups in total. The molecule has 5 rings (SSSR count). The summed E-state index contributed by atoms with van der Waals surface area (Å²) in [5.41, 5.74) is 3.73. The quantitative estimate of drug-likeness (QED) is 0.266. The summed E-state index contributed by atoms with van der Waals surface area (Å²) in [4.78, 5) is 48.3. The molecule has 1 saturated heterocycles. The van der Waals surface area contributed by atoms with Crippen molar-refractivity contribution in [2.45, 2.75) is 77.2 Å². The third kappa shape index (κ3) is 7.18. The minimum Gasteiger partial charge on any atom is -0.463 e. The number of benzene rings is 2. The number of halogens is 1. The van der Waals surface area contributed by atoms with Crippen LogP contribution in [0.4, 0.5) is 4.39 Å². The molecule has 1 fully saturated rings. The van der Waals surface area contributed by atoms with Crippen molar-refractivity contribution in [3.05, 3.63) is 71.0 Å². The van der Waals surface area contributed by atoms with Crippen LogP contribution < -0.4 is 5.32 Å². The van der Waals surface area contributed by atoms with Gasteiger partial charge in [0, 0.05) is 39.2 Å². The van der Waals surface area contributed by atoms with Crippen LogP contribution in [0, 0.1) is 11.7 Å². The highest BCUT2D eigenvalue weighted by atomic mass is 32.1. The highest BCUT2D eigenvalue weighted by Crippen LogP contribution is 2.43. The van der Waals surface area contributed by atoms with Crippen LogP contribution in [-0.4, -0.2) is 77.0 Å². The SMILES string of the molecule is CC(=O)OC[C@H]1O[C@@H](NC(=S)N2N=C3c4ccccc4CCC3C2c2ccc(F)cc2)[C@H](OC(C)=O)[C@@H](OC(C)=O)[C@@H]1OC(C)=O. The summed E-state index contributed by atoms with van der Waals surface area (Å²) in [6.07, 6.45) is -4.91. The van der Waals surface area contributed by atoms with Gasteiger partial charge in [-0.2, -0.15) is 5.10 Å². The summed E-state index contributed by atoms with van der Waals surface area (Å²) in [5.74, 6) is -3.33. The largest absolute Gasteiger partial charge is 0.463 e. The maximum Gasteiger partial charge on any atom is 0.303 e. The molecule has 2 unspecified atom stereocenters. The van der Waals surface area contributed by atoms with Gasteiger partial charge in [-0.25, -0.2) is 9.40 Å². The topological polar surface area (TPSA) is 142 Å². The van der Waals surface area contributed by atoms with Gasteiger partial charge in [0.1, 0.15) is 18.5 Å². The fraction of sp³-hybridized carbons (Fsp3) is 0.438. The first-order valence-electron chi connectivity index (χ1n) is 14.8. The Morgan fingerprint density at radius 2 is 1.54 bits per heavy atom. The smallest absolute Gasteiger partial charge is 0.303 e. The predicted octanol–water partition coefficient (Wildman–Crippen LogP) is 3.11. The van der Waals surface area contributed by atoms with Gasteiger partial charge in [-0.3, -0.25) is 19.2 Å². The summed E-state index contributed by atoms with van der Waals surface area (Å²) in [6.45, 7) is 4.26. The van der Waals surface area contributed by atoms with Crippen LogP contribution in [-0.2, 0) is 49.3 Å². The zero-order chi connectivity index (χ0) is 33.1. The Morgan fingerprint density at radius 3 is 2.20 bits per heavy atom. The molecule has 0 amide bonds. The van der Waals surface area contributed by atoms with Gasteiger partial charge in [-0.15, -0.1) is 0 Å². The van der Waals surface area contributed by atoms with Gasteiger partial charge in [-0.05, 0) is 48.3 Å². The molecule has 2 aromatic rings. The Labute approximate surface area is 270 Å². The van der Waals surface area contributed by atoms with Crippen molar-refractivity contribution in [1.29, 1.82) is 0 Å². The van der Waals surface area contributed by atoms with Gasteiger partial charge in [-0.1, -0.05) is 36.4 Å². The second-order valence-corrected chi connectivity index (χ2v) is 11.6. The van der Waals surface area contributed by atoms with E-state index in [1.807, 2.05) is 18.2 Å². The van der Waals surface area contributed by atoms with E-state index in [1.165, 1.54) is 19.1 Å². The van der Waals surface area contributed by atoms with Gasteiger partial charge >= 0.3 is 23.9 Å². The van der Waals surface area contributed by atoms with E-state index in [4.69, 9.17) is 41.0 Å². The summed E-state index contributed by atoms with van der Waals surface area (Å²) < 4.78 is 41.9. The first-order chi connectivity index (χ1) is 21.9. The van der Waals surface area contributed by atoms with Gasteiger partial charge in [0.2, 0.25) is 0 Å². The number of ether oxygens (including phenoxy) is 5. The minimum atomic E-state index is -1.37. The van der Waals surface area contributed by atoms with E-state index in [0.29, 0.717) is 0 Å². The van der Waals surface area contributed by atoms with E-state index in [2.05, 4.69) is 11.4 Å². The number of esters is 4. The lowest BCUT2D eigenvalue weighted by Gasteiger charge is -2.45. The van der Waals surface area contributed by atoms with E-state index in [-0.39, 0.29) is 23.5 Å². The molecule has 0 bridgehead atoms. The predicted molar refractivity (Wildman–Crippen MR) is 163 cm³/mol. The molecule has 0 radical (unpaired) electrons. The lowest BCUT2D eigenvalue weighted by atomic mass is 9.77. The van der Waals surface area contributed by atoms with Crippen molar-refractivity contribution in [1.82, 2.24) is 10.3 Å². The van der Waals surface area contributed by atoms with Crippen LogP contribution in [0.15, 0.2) is 53.6 Å². The Hall–Kier alpha value is -4.43. The Bertz CT molecular complexity index is 1550. The van der Waals surface area contributed by atoms with E-state index < -0.39 is 60.6 Å². The highest BCUT2D eigenvalue weighted by Gasteiger charge is 2.53. The maximum absolute atomic E-state index is 14.0. The van der Waals surface area contributed by atoms with Gasteiger partial charge < -0.3 is 29.0 Å². The summed E-state index contributed by atoms with van der Waals surface area (Å²) in [5, 5.41) is 9.68. The van der Waals surface area contributed by atoms with Crippen LogP contribution >= 0.6 is 12.2 Å². The second-order valence-electron chi connectivity index (χ2n) is 11.2. The number of hydrogen-bond donors (Lipinski definition) is 1. The molecule has 46 heavy (non-hydrogen) atoms. The normalized spacial score (nSPS) is 26.5. The fourth-order valence-corrected chi connectivity index (χ4v) is 6.43. The lowest BCUT2D eigenvalue weighted by Crippen LogP contribution is -2.66. The Kier molecular flexibility index (Phi) is 9.97. The molecular formula is C32H34FN3O9S. The minimum absolute atomic E-state index is 0.0644. The molecule has 0 saturated carbocycles. The molecule has 2 heterocycles. The van der Waals surface area contributed by atoms with Gasteiger partial charge in [0.25, 0.3) is 0 Å². The van der Waals surface area contributed by atoms with Crippen LogP contribution in [0.25, 0.3) is 0 Å². The van der Waals surface area contributed by atoms with E-state index in [1.54, 1.807) is 17.1 Å². The highest BCUT2D eigenvalue weighted by molar-refractivity contribution is 7.80. The zero-order valence-electron chi connectivity index (χ0n) is 25.6. The number of hydrazone groups is 1. The average molecular weight is 656 g/mol. The summed E-state index contributed by atoms with van der Waals surface area (Å²) in [7, 11) is 0. The van der Waals surface area contributed by atoms with Gasteiger partial charge in [0.05, 0.1) is 11.8 Å². The number of fused-ring (bicyclic) bond motifs is 3. The zero-order valence-corrected chi connectivity index (χ0v) is 26.5. The van der Waals surface area contributed by atoms with Crippen molar-refractivity contribution in [2.24, 2.45) is 11.0 Å². The molecule has 0 aromatic heterocycles. The second kappa shape index (κ2) is 13.9. The third-order valence-corrected chi connectivity index (χ3v) is 8.21. The lowest BCUT2D eigenvalue weighted by molar-refractivity contribution is -0.255. The van der Waals surface area contributed by atoms with Crippen molar-refractivity contribution >= 4 is 46.9 Å². The Morgan fingerprint density at radius 1 is 0.913 bits per heavy atom. The maximum atomic E-state index is 14.0. The monoisotopic (exact) mass is 655 g/mol. The number of aryl methyl sites for hydroxylation is 1. The van der Waals surface area contributed by atoms with Crippen molar-refractivity contribution in [2.75, 3.05) is 6.61 Å². The van der Waals surface area contributed by atoms with Gasteiger partial charge in [0.15, 0.2) is 29.7 Å². The fourth-order valence-electron chi connectivity index (χ4n) is 6.16. The average Bonchev–Trinajstić information content (AvgIpc) is 3.39.